The van der Waals surface area contributed by atoms with Gasteiger partial charge in [-0.25, -0.2) is 0 Å². The molecule has 0 spiro atoms. The second-order valence-corrected chi connectivity index (χ2v) is 9.29. The first-order chi connectivity index (χ1) is 8.11. The van der Waals surface area contributed by atoms with Gasteiger partial charge in [-0.15, -0.1) is 46.4 Å². The Kier molecular flexibility index (Phi) is 3.39. The largest absolute Gasteiger partial charge is 0.166 e. The molecule has 2 bridgehead atoms. The summed E-state index contributed by atoms with van der Waals surface area (Å²) in [5, 5.41) is -0.259. The molecule has 0 heterocycles. The molecule has 0 N–H and O–H groups in total. The van der Waals surface area contributed by atoms with Crippen molar-refractivity contribution in [2.45, 2.75) is 31.3 Å². The molecular formula is C10H6Cl8. The normalized spacial score (nSPS) is 57.3. The van der Waals surface area contributed by atoms with E-state index in [9.17, 15) is 0 Å². The van der Waals surface area contributed by atoms with E-state index in [4.69, 9.17) is 92.8 Å². The van der Waals surface area contributed by atoms with Crippen molar-refractivity contribution >= 4 is 92.8 Å². The first-order valence-electron chi connectivity index (χ1n) is 5.21. The smallest absolute Gasteiger partial charge is 0.121 e. The van der Waals surface area contributed by atoms with Crippen LogP contribution in [-0.4, -0.2) is 24.8 Å². The summed E-state index contributed by atoms with van der Waals surface area (Å²) < 4.78 is -1.50. The molecule has 2 saturated carbocycles. The minimum atomic E-state index is -1.50. The molecule has 2 fully saturated rings. The van der Waals surface area contributed by atoms with Gasteiger partial charge >= 0.3 is 0 Å². The number of halogens is 8. The maximum absolute atomic E-state index is 6.62. The summed E-state index contributed by atoms with van der Waals surface area (Å²) in [5.74, 6) is -0.488. The minimum Gasteiger partial charge on any atom is -0.121 e. The Morgan fingerprint density at radius 2 is 1.39 bits per heavy atom. The molecule has 0 nitrogen and oxygen atoms in total. The fraction of sp³-hybridized carbons (Fsp3) is 0.800. The highest BCUT2D eigenvalue weighted by Crippen LogP contribution is 2.79. The van der Waals surface area contributed by atoms with Crippen molar-refractivity contribution in [2.75, 3.05) is 0 Å². The monoisotopic (exact) mass is 406 g/mol. The van der Waals surface area contributed by atoms with Crippen LogP contribution in [0.1, 0.15) is 6.42 Å². The Morgan fingerprint density at radius 3 is 1.94 bits per heavy atom. The maximum atomic E-state index is 6.62. The Labute approximate surface area is 145 Å². The molecule has 0 aromatic heterocycles. The van der Waals surface area contributed by atoms with Crippen molar-refractivity contribution in [3.63, 3.8) is 0 Å². The van der Waals surface area contributed by atoms with Gasteiger partial charge in [0.15, 0.2) is 4.33 Å². The molecule has 3 aliphatic carbocycles. The number of rotatable bonds is 0. The van der Waals surface area contributed by atoms with Crippen LogP contribution in [-0.2, 0) is 0 Å². The third-order valence-electron chi connectivity index (χ3n) is 4.32. The average molecular weight is 410 g/mol. The van der Waals surface area contributed by atoms with Crippen molar-refractivity contribution < 1.29 is 0 Å². The van der Waals surface area contributed by atoms with E-state index in [1.54, 1.807) is 0 Å². The van der Waals surface area contributed by atoms with E-state index in [0.717, 1.165) is 0 Å². The Hall–Kier alpha value is 2.06. The van der Waals surface area contributed by atoms with Crippen LogP contribution in [0.4, 0.5) is 0 Å². The highest BCUT2D eigenvalue weighted by Gasteiger charge is 2.84. The highest BCUT2D eigenvalue weighted by molar-refractivity contribution is 6.66. The second kappa shape index (κ2) is 4.07. The Balaban J connectivity index is 2.26. The molecule has 0 amide bonds. The fourth-order valence-electron chi connectivity index (χ4n) is 3.48. The molecule has 18 heavy (non-hydrogen) atoms. The van der Waals surface area contributed by atoms with Crippen molar-refractivity contribution in [2.24, 2.45) is 11.8 Å². The summed E-state index contributed by atoms with van der Waals surface area (Å²) in [6, 6.07) is 0. The molecule has 0 aliphatic heterocycles. The second-order valence-electron chi connectivity index (χ2n) is 4.95. The zero-order valence-electron chi connectivity index (χ0n) is 8.54. The summed E-state index contributed by atoms with van der Waals surface area (Å²) >= 11 is 51.0. The molecule has 3 aliphatic rings. The Morgan fingerprint density at radius 1 is 0.889 bits per heavy atom. The predicted molar refractivity (Wildman–Crippen MR) is 81.2 cm³/mol. The van der Waals surface area contributed by atoms with E-state index in [2.05, 4.69) is 0 Å². The van der Waals surface area contributed by atoms with E-state index >= 15 is 0 Å². The van der Waals surface area contributed by atoms with E-state index in [1.807, 2.05) is 0 Å². The van der Waals surface area contributed by atoms with Gasteiger partial charge in [0, 0.05) is 5.92 Å². The summed E-state index contributed by atoms with van der Waals surface area (Å²) in [4.78, 5) is -2.50. The van der Waals surface area contributed by atoms with Gasteiger partial charge in [-0.3, -0.25) is 0 Å². The zero-order chi connectivity index (χ0) is 13.7. The fourth-order valence-corrected chi connectivity index (χ4v) is 7.46. The standard InChI is InChI=1S/C10H6Cl8/c11-3-1-2-4(5(3)12)9(16)7(14)6(13)8(2,15)10(9,17)18/h2-5H,1H2/t2-,3-,4-,5-,8+,9+/m1/s1. The van der Waals surface area contributed by atoms with Crippen LogP contribution in [0, 0.1) is 11.8 Å². The third kappa shape index (κ3) is 1.28. The van der Waals surface area contributed by atoms with E-state index < -0.39 is 19.5 Å². The van der Waals surface area contributed by atoms with Crippen LogP contribution in [0.5, 0.6) is 0 Å². The lowest BCUT2D eigenvalue weighted by molar-refractivity contribution is 0.385. The molecule has 102 valence electrons. The molecular weight excluding hydrogens is 404 g/mol. The molecule has 0 aromatic carbocycles. The van der Waals surface area contributed by atoms with Crippen molar-refractivity contribution in [1.29, 1.82) is 0 Å². The van der Waals surface area contributed by atoms with Crippen LogP contribution < -0.4 is 0 Å². The van der Waals surface area contributed by atoms with Crippen molar-refractivity contribution in [3.8, 4) is 0 Å². The van der Waals surface area contributed by atoms with E-state index in [0.29, 0.717) is 6.42 Å². The van der Waals surface area contributed by atoms with E-state index in [-0.39, 0.29) is 27.3 Å². The van der Waals surface area contributed by atoms with Gasteiger partial charge in [-0.05, 0) is 12.3 Å². The summed E-state index contributed by atoms with van der Waals surface area (Å²) in [5.41, 5.74) is 0. The first kappa shape index (κ1) is 15.0. The van der Waals surface area contributed by atoms with Gasteiger partial charge in [-0.2, -0.15) is 0 Å². The van der Waals surface area contributed by atoms with Crippen molar-refractivity contribution in [3.05, 3.63) is 10.1 Å². The number of hydrogen-bond donors (Lipinski definition) is 0. The third-order valence-corrected chi connectivity index (χ3v) is 9.79. The van der Waals surface area contributed by atoms with E-state index in [1.165, 1.54) is 0 Å². The summed E-state index contributed by atoms with van der Waals surface area (Å²) in [6.45, 7) is 0. The zero-order valence-corrected chi connectivity index (χ0v) is 14.6. The Bertz CT molecular complexity index is 459. The quantitative estimate of drug-likeness (QED) is 0.451. The van der Waals surface area contributed by atoms with Crippen LogP contribution in [0.15, 0.2) is 10.1 Å². The molecule has 0 radical (unpaired) electrons. The average Bonchev–Trinajstić information content (AvgIpc) is 2.69. The van der Waals surface area contributed by atoms with Gasteiger partial charge < -0.3 is 0 Å². The minimum absolute atomic E-state index is 0.184. The van der Waals surface area contributed by atoms with Crippen LogP contribution in [0.3, 0.4) is 0 Å². The van der Waals surface area contributed by atoms with Crippen LogP contribution >= 0.6 is 92.8 Å². The highest BCUT2D eigenvalue weighted by atomic mass is 35.5. The van der Waals surface area contributed by atoms with Gasteiger partial charge in [0.1, 0.15) is 9.75 Å². The topological polar surface area (TPSA) is 0 Å². The molecule has 8 heteroatoms. The summed E-state index contributed by atoms with van der Waals surface area (Å²) in [6.07, 6.45) is 0.555. The molecule has 0 aromatic rings. The van der Waals surface area contributed by atoms with Crippen molar-refractivity contribution in [1.82, 2.24) is 0 Å². The van der Waals surface area contributed by atoms with Gasteiger partial charge in [0.2, 0.25) is 0 Å². The van der Waals surface area contributed by atoms with Crippen LogP contribution in [0.25, 0.3) is 0 Å². The van der Waals surface area contributed by atoms with Gasteiger partial charge in [0.05, 0.1) is 20.8 Å². The SMILES string of the molecule is ClC1=C(Cl)[C@@]2(Cl)[C@@H]3C[C@@H](Cl)[C@@H](Cl)[C@@H]3[C@@]1(Cl)C2(Cl)Cl. The number of alkyl halides is 6. The molecule has 0 saturated heterocycles. The van der Waals surface area contributed by atoms with Gasteiger partial charge in [-0.1, -0.05) is 46.4 Å². The number of allylic oxidation sites excluding steroid dienone is 2. The lowest BCUT2D eigenvalue weighted by atomic mass is 9.84. The summed E-state index contributed by atoms with van der Waals surface area (Å²) in [7, 11) is 0. The number of fused-ring (bicyclic) bond motifs is 5. The molecule has 3 rings (SSSR count). The first-order valence-corrected chi connectivity index (χ1v) is 8.35. The predicted octanol–water partition coefficient (Wildman–Crippen LogP) is 5.68. The lowest BCUT2D eigenvalue weighted by Crippen LogP contribution is -2.47. The van der Waals surface area contributed by atoms with Gasteiger partial charge in [0.25, 0.3) is 0 Å². The molecule has 0 unspecified atom stereocenters. The maximum Gasteiger partial charge on any atom is 0.166 e. The lowest BCUT2D eigenvalue weighted by Gasteiger charge is -2.35. The number of hydrogen-bond acceptors (Lipinski definition) is 0. The van der Waals surface area contributed by atoms with Crippen LogP contribution in [0.2, 0.25) is 0 Å². The molecule has 6 atom stereocenters.